The lowest BCUT2D eigenvalue weighted by atomic mass is 10.2. The topological polar surface area (TPSA) is 54.8 Å². The number of aromatic nitrogens is 1. The summed E-state index contributed by atoms with van der Waals surface area (Å²) >= 11 is 0. The van der Waals surface area contributed by atoms with Crippen molar-refractivity contribution in [1.82, 2.24) is 14.4 Å². The van der Waals surface area contributed by atoms with E-state index in [0.717, 1.165) is 37.9 Å². The van der Waals surface area contributed by atoms with Gasteiger partial charge in [0, 0.05) is 44.6 Å². The molecule has 1 aliphatic carbocycles. The van der Waals surface area contributed by atoms with Gasteiger partial charge in [-0.15, -0.1) is 0 Å². The zero-order valence-electron chi connectivity index (χ0n) is 18.8. The molecule has 0 N–H and O–H groups in total. The second-order valence-corrected chi connectivity index (χ2v) is 8.28. The molecular formula is C25H35N3O3. The summed E-state index contributed by atoms with van der Waals surface area (Å²) in [7, 11) is 1.62. The second kappa shape index (κ2) is 11.7. The lowest BCUT2D eigenvalue weighted by Crippen LogP contribution is -2.44. The first-order valence-electron chi connectivity index (χ1n) is 11.4. The maximum absolute atomic E-state index is 13.3. The van der Waals surface area contributed by atoms with Crippen molar-refractivity contribution in [3.8, 4) is 0 Å². The largest absolute Gasteiger partial charge is 0.383 e. The van der Waals surface area contributed by atoms with Gasteiger partial charge in [0.2, 0.25) is 11.8 Å². The number of nitrogens with zero attached hydrogens (tertiary/aromatic N) is 3. The molecule has 1 heterocycles. The number of carbonyl (C=O) groups excluding carboxylic acids is 2. The minimum atomic E-state index is 0.0240. The van der Waals surface area contributed by atoms with Crippen molar-refractivity contribution in [2.24, 2.45) is 0 Å². The molecule has 6 nitrogen and oxygen atoms in total. The van der Waals surface area contributed by atoms with Crippen LogP contribution in [0, 0.1) is 0 Å². The van der Waals surface area contributed by atoms with Crippen molar-refractivity contribution in [3.63, 3.8) is 0 Å². The fraction of sp³-hybridized carbons (Fsp3) is 0.520. The number of rotatable bonds is 13. The van der Waals surface area contributed by atoms with Crippen LogP contribution in [0.25, 0.3) is 0 Å². The lowest BCUT2D eigenvalue weighted by molar-refractivity contribution is -0.141. The summed E-state index contributed by atoms with van der Waals surface area (Å²) in [6.45, 7) is 4.44. The molecule has 0 saturated heterocycles. The average molecular weight is 426 g/mol. The fourth-order valence-corrected chi connectivity index (χ4v) is 3.74. The summed E-state index contributed by atoms with van der Waals surface area (Å²) in [5.74, 6) is 0.0614. The van der Waals surface area contributed by atoms with Crippen LogP contribution < -0.4 is 0 Å². The summed E-state index contributed by atoms with van der Waals surface area (Å²) in [6, 6.07) is 14.7. The third-order valence-electron chi connectivity index (χ3n) is 5.75. The van der Waals surface area contributed by atoms with Gasteiger partial charge in [-0.3, -0.25) is 9.59 Å². The number of amides is 2. The Morgan fingerprint density at radius 1 is 1.10 bits per heavy atom. The maximum Gasteiger partial charge on any atom is 0.242 e. The lowest BCUT2D eigenvalue weighted by Gasteiger charge is -2.28. The zero-order valence-corrected chi connectivity index (χ0v) is 18.8. The van der Waals surface area contributed by atoms with Gasteiger partial charge >= 0.3 is 0 Å². The van der Waals surface area contributed by atoms with E-state index in [-0.39, 0.29) is 24.4 Å². The van der Waals surface area contributed by atoms with Crippen LogP contribution in [0.15, 0.2) is 48.7 Å². The highest BCUT2D eigenvalue weighted by atomic mass is 16.5. The average Bonchev–Trinajstić information content (AvgIpc) is 3.53. The van der Waals surface area contributed by atoms with E-state index in [2.05, 4.69) is 35.9 Å². The molecule has 1 aromatic carbocycles. The molecule has 0 spiro atoms. The molecule has 1 saturated carbocycles. The van der Waals surface area contributed by atoms with Crippen LogP contribution in [0.2, 0.25) is 0 Å². The number of benzene rings is 1. The van der Waals surface area contributed by atoms with E-state index in [1.165, 1.54) is 5.56 Å². The van der Waals surface area contributed by atoms with Crippen molar-refractivity contribution in [1.29, 1.82) is 0 Å². The number of methoxy groups -OCH3 is 1. The van der Waals surface area contributed by atoms with E-state index in [4.69, 9.17) is 4.74 Å². The van der Waals surface area contributed by atoms with Crippen molar-refractivity contribution in [2.45, 2.75) is 58.2 Å². The highest BCUT2D eigenvalue weighted by Crippen LogP contribution is 2.29. The third kappa shape index (κ3) is 6.96. The van der Waals surface area contributed by atoms with E-state index < -0.39 is 0 Å². The molecule has 168 valence electrons. The molecule has 0 unspecified atom stereocenters. The molecule has 2 amide bonds. The van der Waals surface area contributed by atoms with Gasteiger partial charge in [-0.1, -0.05) is 43.7 Å². The quantitative estimate of drug-likeness (QED) is 0.492. The predicted molar refractivity (Wildman–Crippen MR) is 122 cm³/mol. The van der Waals surface area contributed by atoms with Crippen LogP contribution in [0.5, 0.6) is 0 Å². The van der Waals surface area contributed by atoms with Crippen LogP contribution in [0.3, 0.4) is 0 Å². The number of hydrogen-bond acceptors (Lipinski definition) is 3. The summed E-state index contributed by atoms with van der Waals surface area (Å²) in [6.07, 6.45) is 6.42. The van der Waals surface area contributed by atoms with E-state index in [1.807, 2.05) is 29.2 Å². The molecular weight excluding hydrogens is 390 g/mol. The molecule has 6 heteroatoms. The molecule has 1 aliphatic rings. The first-order valence-corrected chi connectivity index (χ1v) is 11.4. The molecule has 3 rings (SSSR count). The van der Waals surface area contributed by atoms with Crippen LogP contribution in [-0.2, 0) is 27.4 Å². The van der Waals surface area contributed by atoms with E-state index in [9.17, 15) is 9.59 Å². The molecule has 1 fully saturated rings. The fourth-order valence-electron chi connectivity index (χ4n) is 3.74. The van der Waals surface area contributed by atoms with Crippen molar-refractivity contribution < 1.29 is 14.3 Å². The third-order valence-corrected chi connectivity index (χ3v) is 5.75. The van der Waals surface area contributed by atoms with E-state index in [1.54, 1.807) is 12.0 Å². The Balaban J connectivity index is 1.67. The summed E-state index contributed by atoms with van der Waals surface area (Å²) in [5.41, 5.74) is 2.35. The predicted octanol–water partition coefficient (Wildman–Crippen LogP) is 3.69. The van der Waals surface area contributed by atoms with E-state index in [0.29, 0.717) is 26.1 Å². The van der Waals surface area contributed by atoms with Gasteiger partial charge < -0.3 is 19.1 Å². The van der Waals surface area contributed by atoms with Gasteiger partial charge in [-0.2, -0.15) is 0 Å². The molecule has 0 radical (unpaired) electrons. The Morgan fingerprint density at radius 2 is 1.87 bits per heavy atom. The number of ether oxygens (including phenoxy) is 1. The maximum atomic E-state index is 13.3. The zero-order chi connectivity index (χ0) is 22.1. The molecule has 2 aromatic rings. The Labute approximate surface area is 185 Å². The summed E-state index contributed by atoms with van der Waals surface area (Å²) in [4.78, 5) is 29.5. The molecule has 0 bridgehead atoms. The normalized spacial score (nSPS) is 13.2. The first kappa shape index (κ1) is 23.1. The molecule has 1 aromatic heterocycles. The molecule has 31 heavy (non-hydrogen) atoms. The highest BCUT2D eigenvalue weighted by Gasteiger charge is 2.34. The SMILES string of the molecule is CCCCC(=O)N(CCOC)CC(=O)N(Cc1cccn1Cc1ccccc1)C1CC1. The van der Waals surface area contributed by atoms with Crippen molar-refractivity contribution >= 4 is 11.8 Å². The standard InChI is InChI=1S/C25H35N3O3/c1-3-4-12-24(29)27(16-17-31-2)20-25(30)28(22-13-14-22)19-23-11-8-15-26(23)18-21-9-6-5-7-10-21/h5-11,15,22H,3-4,12-14,16-20H2,1-2H3. The van der Waals surface area contributed by atoms with Gasteiger partial charge in [-0.05, 0) is 37.0 Å². The smallest absolute Gasteiger partial charge is 0.242 e. The minimum Gasteiger partial charge on any atom is -0.383 e. The van der Waals surface area contributed by atoms with Gasteiger partial charge in [-0.25, -0.2) is 0 Å². The Kier molecular flexibility index (Phi) is 8.71. The molecule has 0 atom stereocenters. The monoisotopic (exact) mass is 425 g/mol. The number of carbonyl (C=O) groups is 2. The van der Waals surface area contributed by atoms with Crippen LogP contribution in [0.4, 0.5) is 0 Å². The molecule has 0 aliphatic heterocycles. The van der Waals surface area contributed by atoms with Crippen LogP contribution >= 0.6 is 0 Å². The Hall–Kier alpha value is -2.60. The second-order valence-electron chi connectivity index (χ2n) is 8.28. The summed E-state index contributed by atoms with van der Waals surface area (Å²) in [5, 5.41) is 0. The Bertz CT molecular complexity index is 830. The number of hydrogen-bond donors (Lipinski definition) is 0. The summed E-state index contributed by atoms with van der Waals surface area (Å²) < 4.78 is 7.37. The van der Waals surface area contributed by atoms with Gasteiger partial charge in [0.05, 0.1) is 19.7 Å². The Morgan fingerprint density at radius 3 is 2.55 bits per heavy atom. The van der Waals surface area contributed by atoms with Gasteiger partial charge in [0.15, 0.2) is 0 Å². The first-order chi connectivity index (χ1) is 15.1. The van der Waals surface area contributed by atoms with Crippen LogP contribution in [0.1, 0.15) is 50.3 Å². The van der Waals surface area contributed by atoms with Crippen molar-refractivity contribution in [2.75, 3.05) is 26.8 Å². The van der Waals surface area contributed by atoms with E-state index >= 15 is 0 Å². The van der Waals surface area contributed by atoms with Gasteiger partial charge in [0.25, 0.3) is 0 Å². The number of unbranched alkanes of at least 4 members (excludes halogenated alkanes) is 1. The van der Waals surface area contributed by atoms with Gasteiger partial charge in [0.1, 0.15) is 0 Å². The van der Waals surface area contributed by atoms with Crippen LogP contribution in [-0.4, -0.2) is 59.0 Å². The minimum absolute atomic E-state index is 0.0240. The highest BCUT2D eigenvalue weighted by molar-refractivity contribution is 5.85. The van der Waals surface area contributed by atoms with Crippen molar-refractivity contribution in [3.05, 3.63) is 59.9 Å².